The molecule has 0 aromatic heterocycles. The smallest absolute Gasteiger partial charge is 0.209 e. The Morgan fingerprint density at radius 3 is 2.62 bits per heavy atom. The minimum atomic E-state index is -3.22. The maximum atomic E-state index is 11.3. The van der Waals surface area contributed by atoms with Gasteiger partial charge in [0, 0.05) is 12.1 Å². The molecule has 21 heavy (non-hydrogen) atoms. The van der Waals surface area contributed by atoms with E-state index in [0.29, 0.717) is 11.8 Å². The summed E-state index contributed by atoms with van der Waals surface area (Å²) in [7, 11) is -3.22. The van der Waals surface area contributed by atoms with E-state index in [9.17, 15) is 8.42 Å². The van der Waals surface area contributed by atoms with Crippen molar-refractivity contribution in [3.63, 3.8) is 0 Å². The van der Waals surface area contributed by atoms with Gasteiger partial charge in [0.15, 0.2) is 5.17 Å². The van der Waals surface area contributed by atoms with Crippen LogP contribution in [0.1, 0.15) is 24.7 Å². The molecule has 0 spiro atoms. The van der Waals surface area contributed by atoms with Gasteiger partial charge in [-0.25, -0.2) is 13.1 Å². The molecule has 0 amide bonds. The summed E-state index contributed by atoms with van der Waals surface area (Å²) >= 11 is 1.68. The third-order valence-corrected chi connectivity index (χ3v) is 5.10. The van der Waals surface area contributed by atoms with Crippen molar-refractivity contribution in [1.82, 2.24) is 10.0 Å². The lowest BCUT2D eigenvalue weighted by Gasteiger charge is -2.25. The van der Waals surface area contributed by atoms with Crippen molar-refractivity contribution in [2.75, 3.05) is 19.3 Å². The second kappa shape index (κ2) is 6.37. The summed E-state index contributed by atoms with van der Waals surface area (Å²) in [4.78, 5) is 4.48. The highest BCUT2D eigenvalue weighted by molar-refractivity contribution is 8.14. The van der Waals surface area contributed by atoms with Gasteiger partial charge in [-0.1, -0.05) is 42.1 Å². The standard InChI is InChI=1S/C14H21N3O2S2/c1-14(2,17-21(3,18)19)10-16-13-15-9-12(20-13)11-7-5-4-6-8-11/h4-8,12,17H,9-10H2,1-3H3,(H,15,16). The Kier molecular flexibility index (Phi) is 4.95. The second-order valence-corrected chi connectivity index (χ2v) is 8.71. The highest BCUT2D eigenvalue weighted by Gasteiger charge is 2.25. The molecule has 1 aromatic carbocycles. The fraction of sp³-hybridized carbons (Fsp3) is 0.500. The number of hydrogen-bond donors (Lipinski definition) is 2. The highest BCUT2D eigenvalue weighted by Crippen LogP contribution is 2.34. The van der Waals surface area contributed by atoms with Crippen LogP contribution in [0.2, 0.25) is 0 Å². The number of thioether (sulfide) groups is 1. The molecule has 2 rings (SSSR count). The van der Waals surface area contributed by atoms with Crippen LogP contribution in [0.15, 0.2) is 35.3 Å². The van der Waals surface area contributed by atoms with Gasteiger partial charge in [0.1, 0.15) is 0 Å². The summed E-state index contributed by atoms with van der Waals surface area (Å²) in [5.74, 6) is 0. The van der Waals surface area contributed by atoms with Crippen LogP contribution in [0, 0.1) is 0 Å². The number of sulfonamides is 1. The molecule has 0 saturated carbocycles. The Morgan fingerprint density at radius 1 is 1.33 bits per heavy atom. The van der Waals surface area contributed by atoms with Gasteiger partial charge in [-0.2, -0.15) is 0 Å². The average Bonchev–Trinajstić information content (AvgIpc) is 2.84. The van der Waals surface area contributed by atoms with Gasteiger partial charge in [0.05, 0.1) is 18.1 Å². The van der Waals surface area contributed by atoms with Gasteiger partial charge < -0.3 is 5.32 Å². The minimum Gasteiger partial charge on any atom is -0.363 e. The van der Waals surface area contributed by atoms with Crippen LogP contribution in [-0.2, 0) is 10.0 Å². The molecular weight excluding hydrogens is 306 g/mol. The Labute approximate surface area is 130 Å². The van der Waals surface area contributed by atoms with Crippen molar-refractivity contribution < 1.29 is 8.42 Å². The summed E-state index contributed by atoms with van der Waals surface area (Å²) in [5.41, 5.74) is 0.707. The van der Waals surface area contributed by atoms with Gasteiger partial charge >= 0.3 is 0 Å². The van der Waals surface area contributed by atoms with E-state index in [1.807, 2.05) is 32.0 Å². The van der Waals surface area contributed by atoms with Gasteiger partial charge in [0.25, 0.3) is 0 Å². The van der Waals surface area contributed by atoms with Crippen molar-refractivity contribution in [2.24, 2.45) is 4.99 Å². The molecule has 5 nitrogen and oxygen atoms in total. The van der Waals surface area contributed by atoms with Crippen LogP contribution in [0.5, 0.6) is 0 Å². The number of hydrogen-bond acceptors (Lipinski definition) is 5. The number of benzene rings is 1. The van der Waals surface area contributed by atoms with Crippen LogP contribution in [-0.4, -0.2) is 38.5 Å². The molecule has 1 aliphatic rings. The van der Waals surface area contributed by atoms with Crippen LogP contribution in [0.4, 0.5) is 0 Å². The molecule has 0 radical (unpaired) electrons. The van der Waals surface area contributed by atoms with E-state index in [1.165, 1.54) is 11.8 Å². The molecule has 1 atom stereocenters. The van der Waals surface area contributed by atoms with E-state index < -0.39 is 15.6 Å². The maximum absolute atomic E-state index is 11.3. The first-order valence-electron chi connectivity index (χ1n) is 6.74. The third kappa shape index (κ3) is 5.33. The van der Waals surface area contributed by atoms with Crippen LogP contribution in [0.3, 0.4) is 0 Å². The van der Waals surface area contributed by atoms with Gasteiger partial charge in [-0.05, 0) is 19.4 Å². The van der Waals surface area contributed by atoms with Crippen LogP contribution in [0.25, 0.3) is 0 Å². The Balaban J connectivity index is 1.86. The van der Waals surface area contributed by atoms with Crippen molar-refractivity contribution in [2.45, 2.75) is 24.6 Å². The minimum absolute atomic E-state index is 0.333. The summed E-state index contributed by atoms with van der Waals surface area (Å²) < 4.78 is 25.2. The zero-order valence-corrected chi connectivity index (χ0v) is 14.1. The molecular formula is C14H21N3O2S2. The van der Waals surface area contributed by atoms with Gasteiger partial charge in [-0.3, -0.25) is 4.99 Å². The summed E-state index contributed by atoms with van der Waals surface area (Å²) in [6, 6.07) is 10.3. The zero-order valence-electron chi connectivity index (χ0n) is 12.5. The lowest BCUT2D eigenvalue weighted by atomic mass is 10.1. The highest BCUT2D eigenvalue weighted by atomic mass is 32.2. The molecule has 0 saturated heterocycles. The molecule has 7 heteroatoms. The van der Waals surface area contributed by atoms with Crippen LogP contribution < -0.4 is 10.0 Å². The van der Waals surface area contributed by atoms with E-state index >= 15 is 0 Å². The van der Waals surface area contributed by atoms with Gasteiger partial charge in [0.2, 0.25) is 10.0 Å². The molecule has 1 unspecified atom stereocenters. The van der Waals surface area contributed by atoms with Crippen molar-refractivity contribution in [3.05, 3.63) is 35.9 Å². The predicted octanol–water partition coefficient (Wildman–Crippen LogP) is 1.75. The Bertz CT molecular complexity index is 612. The maximum Gasteiger partial charge on any atom is 0.209 e. The van der Waals surface area contributed by atoms with Gasteiger partial charge in [-0.15, -0.1) is 0 Å². The van der Waals surface area contributed by atoms with Crippen molar-refractivity contribution in [3.8, 4) is 0 Å². The van der Waals surface area contributed by atoms with Crippen LogP contribution >= 0.6 is 11.8 Å². The van der Waals surface area contributed by atoms with E-state index in [0.717, 1.165) is 11.7 Å². The summed E-state index contributed by atoms with van der Waals surface area (Å²) in [6.45, 7) is 4.93. The number of rotatable bonds is 5. The lowest BCUT2D eigenvalue weighted by Crippen LogP contribution is -2.50. The van der Waals surface area contributed by atoms with Crippen molar-refractivity contribution in [1.29, 1.82) is 0 Å². The fourth-order valence-corrected chi connectivity index (χ4v) is 4.24. The number of nitrogens with one attached hydrogen (secondary N) is 2. The largest absolute Gasteiger partial charge is 0.363 e. The first-order valence-corrected chi connectivity index (χ1v) is 9.51. The summed E-state index contributed by atoms with van der Waals surface area (Å²) in [6.07, 6.45) is 1.17. The molecule has 1 aliphatic heterocycles. The quantitative estimate of drug-likeness (QED) is 0.864. The molecule has 0 aliphatic carbocycles. The number of nitrogens with zero attached hydrogens (tertiary/aromatic N) is 1. The topological polar surface area (TPSA) is 70.6 Å². The Morgan fingerprint density at radius 2 is 2.00 bits per heavy atom. The van der Waals surface area contributed by atoms with Crippen molar-refractivity contribution >= 4 is 27.0 Å². The zero-order chi connectivity index (χ0) is 15.5. The third-order valence-electron chi connectivity index (χ3n) is 2.97. The van der Waals surface area contributed by atoms with E-state index in [4.69, 9.17) is 0 Å². The molecule has 1 heterocycles. The number of aliphatic imine (C=N–C) groups is 1. The molecule has 1 aromatic rings. The van der Waals surface area contributed by atoms with E-state index in [1.54, 1.807) is 11.8 Å². The molecule has 0 fully saturated rings. The first kappa shape index (κ1) is 16.3. The lowest BCUT2D eigenvalue weighted by molar-refractivity contribution is 0.450. The number of amidine groups is 1. The average molecular weight is 327 g/mol. The van der Waals surface area contributed by atoms with E-state index in [-0.39, 0.29) is 0 Å². The molecule has 0 bridgehead atoms. The Hall–Kier alpha value is -1.05. The SMILES string of the molecule is CC(C)(CNC1=NCC(c2ccccc2)S1)NS(C)(=O)=O. The predicted molar refractivity (Wildman–Crippen MR) is 89.1 cm³/mol. The molecule has 116 valence electrons. The first-order chi connectivity index (χ1) is 9.75. The monoisotopic (exact) mass is 327 g/mol. The fourth-order valence-electron chi connectivity index (χ4n) is 2.15. The normalized spacial score (nSPS) is 19.4. The van der Waals surface area contributed by atoms with E-state index in [2.05, 4.69) is 27.2 Å². The molecule has 2 N–H and O–H groups in total. The second-order valence-electron chi connectivity index (χ2n) is 5.77. The summed E-state index contributed by atoms with van der Waals surface area (Å²) in [5, 5.41) is 4.43.